The third-order valence-electron chi connectivity index (χ3n) is 4.19. The van der Waals surface area contributed by atoms with Gasteiger partial charge in [0.25, 0.3) is 5.91 Å². The quantitative estimate of drug-likeness (QED) is 0.567. The summed E-state index contributed by atoms with van der Waals surface area (Å²) in [4.78, 5) is 25.2. The van der Waals surface area contributed by atoms with Crippen molar-refractivity contribution < 1.29 is 33.3 Å². The standard InChI is InChI=1S/C20H19NO7S/c1-12(20(23)21-13-2-4-16-17(8-13)27-11-26-16)28-19(22)10-29-14-3-5-15-18(9-14)25-7-6-24-15/h2-5,8-9,12H,6-7,10-11H2,1H3,(H,21,23)/t12-/m0/s1. The van der Waals surface area contributed by atoms with Gasteiger partial charge in [0.15, 0.2) is 29.1 Å². The average Bonchev–Trinajstić information content (AvgIpc) is 3.20. The second-order valence-corrected chi connectivity index (χ2v) is 7.33. The lowest BCUT2D eigenvalue weighted by atomic mass is 10.2. The van der Waals surface area contributed by atoms with Crippen LogP contribution in [0, 0.1) is 0 Å². The molecule has 2 heterocycles. The molecule has 0 bridgehead atoms. The molecule has 29 heavy (non-hydrogen) atoms. The van der Waals surface area contributed by atoms with Gasteiger partial charge in [0.2, 0.25) is 6.79 Å². The zero-order chi connectivity index (χ0) is 20.2. The van der Waals surface area contributed by atoms with Crippen molar-refractivity contribution in [2.75, 3.05) is 31.1 Å². The number of ether oxygens (including phenoxy) is 5. The molecule has 0 saturated carbocycles. The zero-order valence-electron chi connectivity index (χ0n) is 15.6. The molecule has 1 atom stereocenters. The summed E-state index contributed by atoms with van der Waals surface area (Å²) in [6.07, 6.45) is -0.936. The van der Waals surface area contributed by atoms with E-state index in [0.717, 1.165) is 4.90 Å². The summed E-state index contributed by atoms with van der Waals surface area (Å²) in [6, 6.07) is 10.5. The van der Waals surface area contributed by atoms with Crippen LogP contribution >= 0.6 is 11.8 Å². The van der Waals surface area contributed by atoms with Crippen LogP contribution in [0.5, 0.6) is 23.0 Å². The van der Waals surface area contributed by atoms with Gasteiger partial charge in [0.1, 0.15) is 13.2 Å². The topological polar surface area (TPSA) is 92.3 Å². The van der Waals surface area contributed by atoms with Crippen molar-refractivity contribution in [1.29, 1.82) is 0 Å². The molecule has 0 unspecified atom stereocenters. The number of carbonyl (C=O) groups excluding carboxylic acids is 2. The van der Waals surface area contributed by atoms with E-state index in [1.165, 1.54) is 18.7 Å². The molecule has 152 valence electrons. The number of carbonyl (C=O) groups is 2. The summed E-state index contributed by atoms with van der Waals surface area (Å²) >= 11 is 1.30. The summed E-state index contributed by atoms with van der Waals surface area (Å²) in [5, 5.41) is 2.70. The molecule has 0 spiro atoms. The van der Waals surface area contributed by atoms with E-state index in [2.05, 4.69) is 5.32 Å². The third kappa shape index (κ3) is 4.68. The highest BCUT2D eigenvalue weighted by molar-refractivity contribution is 8.00. The molecule has 0 saturated heterocycles. The number of hydrogen-bond acceptors (Lipinski definition) is 8. The van der Waals surface area contributed by atoms with Gasteiger partial charge < -0.3 is 29.0 Å². The number of thioether (sulfide) groups is 1. The van der Waals surface area contributed by atoms with Crippen LogP contribution in [0.2, 0.25) is 0 Å². The van der Waals surface area contributed by atoms with Crippen molar-refractivity contribution in [2.45, 2.75) is 17.9 Å². The molecular formula is C20H19NO7S. The second-order valence-electron chi connectivity index (χ2n) is 6.28. The molecule has 2 aliphatic heterocycles. The van der Waals surface area contributed by atoms with E-state index in [4.69, 9.17) is 23.7 Å². The fourth-order valence-corrected chi connectivity index (χ4v) is 3.47. The maximum atomic E-state index is 12.3. The highest BCUT2D eigenvalue weighted by atomic mass is 32.2. The largest absolute Gasteiger partial charge is 0.486 e. The SMILES string of the molecule is C[C@H](OC(=O)CSc1ccc2c(c1)OCCO2)C(=O)Nc1ccc2c(c1)OCO2. The van der Waals surface area contributed by atoms with E-state index in [0.29, 0.717) is 41.9 Å². The van der Waals surface area contributed by atoms with Crippen molar-refractivity contribution >= 4 is 29.3 Å². The Kier molecular flexibility index (Phi) is 5.66. The highest BCUT2D eigenvalue weighted by Crippen LogP contribution is 2.35. The number of rotatable bonds is 6. The van der Waals surface area contributed by atoms with Crippen LogP contribution in [-0.4, -0.2) is 43.7 Å². The Hall–Kier alpha value is -3.07. The summed E-state index contributed by atoms with van der Waals surface area (Å²) in [5.74, 6) is 1.69. The molecule has 0 fully saturated rings. The summed E-state index contributed by atoms with van der Waals surface area (Å²) in [6.45, 7) is 2.70. The molecule has 1 N–H and O–H groups in total. The minimum atomic E-state index is -0.936. The number of benzene rings is 2. The predicted octanol–water partition coefficient (Wildman–Crippen LogP) is 2.85. The molecular weight excluding hydrogens is 398 g/mol. The van der Waals surface area contributed by atoms with E-state index in [1.54, 1.807) is 18.2 Å². The Morgan fingerprint density at radius 3 is 2.55 bits per heavy atom. The van der Waals surface area contributed by atoms with Gasteiger partial charge >= 0.3 is 5.97 Å². The Balaban J connectivity index is 1.26. The Bertz CT molecular complexity index is 933. The maximum Gasteiger partial charge on any atom is 0.317 e. The summed E-state index contributed by atoms with van der Waals surface area (Å²) in [5.41, 5.74) is 0.535. The van der Waals surface area contributed by atoms with Crippen molar-refractivity contribution in [2.24, 2.45) is 0 Å². The normalized spacial score (nSPS) is 14.8. The number of hydrogen-bond donors (Lipinski definition) is 1. The average molecular weight is 417 g/mol. The minimum Gasteiger partial charge on any atom is -0.486 e. The van der Waals surface area contributed by atoms with Crippen molar-refractivity contribution in [1.82, 2.24) is 0 Å². The fourth-order valence-electron chi connectivity index (χ4n) is 2.76. The first-order valence-corrected chi connectivity index (χ1v) is 9.99. The molecule has 8 nitrogen and oxygen atoms in total. The monoisotopic (exact) mass is 417 g/mol. The molecule has 9 heteroatoms. The zero-order valence-corrected chi connectivity index (χ0v) is 16.5. The number of anilines is 1. The van der Waals surface area contributed by atoms with E-state index >= 15 is 0 Å². The van der Waals surface area contributed by atoms with Gasteiger partial charge in [-0.3, -0.25) is 9.59 Å². The smallest absolute Gasteiger partial charge is 0.317 e. The van der Waals surface area contributed by atoms with Crippen molar-refractivity contribution in [3.05, 3.63) is 36.4 Å². The summed E-state index contributed by atoms with van der Waals surface area (Å²) in [7, 11) is 0. The van der Waals surface area contributed by atoms with Crippen molar-refractivity contribution in [3.8, 4) is 23.0 Å². The Morgan fingerprint density at radius 1 is 1.00 bits per heavy atom. The third-order valence-corrected chi connectivity index (χ3v) is 5.16. The number of amides is 1. The van der Waals surface area contributed by atoms with E-state index in [-0.39, 0.29) is 12.5 Å². The Labute approximate surface area is 171 Å². The molecule has 0 aromatic heterocycles. The van der Waals surface area contributed by atoms with Gasteiger partial charge in [-0.15, -0.1) is 11.8 Å². The van der Waals surface area contributed by atoms with Crippen LogP contribution in [0.25, 0.3) is 0 Å². The molecule has 2 aromatic carbocycles. The maximum absolute atomic E-state index is 12.3. The molecule has 1 amide bonds. The van der Waals surface area contributed by atoms with Crippen LogP contribution < -0.4 is 24.3 Å². The van der Waals surface area contributed by atoms with Gasteiger partial charge in [-0.2, -0.15) is 0 Å². The van der Waals surface area contributed by atoms with Crippen LogP contribution in [0.4, 0.5) is 5.69 Å². The number of esters is 1. The van der Waals surface area contributed by atoms with Gasteiger partial charge in [-0.1, -0.05) is 0 Å². The first kappa shape index (κ1) is 19.3. The van der Waals surface area contributed by atoms with Crippen LogP contribution in [0.15, 0.2) is 41.3 Å². The van der Waals surface area contributed by atoms with Gasteiger partial charge in [-0.05, 0) is 37.3 Å². The lowest BCUT2D eigenvalue weighted by Gasteiger charge is -2.18. The Morgan fingerprint density at radius 2 is 1.69 bits per heavy atom. The highest BCUT2D eigenvalue weighted by Gasteiger charge is 2.20. The van der Waals surface area contributed by atoms with E-state index in [1.807, 2.05) is 18.2 Å². The predicted molar refractivity (Wildman–Crippen MR) is 105 cm³/mol. The molecule has 0 radical (unpaired) electrons. The van der Waals surface area contributed by atoms with Gasteiger partial charge in [-0.25, -0.2) is 0 Å². The molecule has 4 rings (SSSR count). The molecule has 2 aromatic rings. The van der Waals surface area contributed by atoms with Crippen LogP contribution in [0.1, 0.15) is 6.92 Å². The summed E-state index contributed by atoms with van der Waals surface area (Å²) < 4.78 is 26.7. The first-order valence-electron chi connectivity index (χ1n) is 9.01. The van der Waals surface area contributed by atoms with Gasteiger partial charge in [0.05, 0.1) is 5.75 Å². The first-order chi connectivity index (χ1) is 14.1. The van der Waals surface area contributed by atoms with Crippen LogP contribution in [0.3, 0.4) is 0 Å². The number of fused-ring (bicyclic) bond motifs is 2. The minimum absolute atomic E-state index is 0.0707. The molecule has 0 aliphatic carbocycles. The lowest BCUT2D eigenvalue weighted by molar-refractivity contribution is -0.150. The number of nitrogens with one attached hydrogen (secondary N) is 1. The van der Waals surface area contributed by atoms with E-state index < -0.39 is 18.0 Å². The fraction of sp³-hybridized carbons (Fsp3) is 0.300. The lowest BCUT2D eigenvalue weighted by Crippen LogP contribution is -2.30. The van der Waals surface area contributed by atoms with E-state index in [9.17, 15) is 9.59 Å². The second kappa shape index (κ2) is 8.52. The van der Waals surface area contributed by atoms with Crippen molar-refractivity contribution in [3.63, 3.8) is 0 Å². The van der Waals surface area contributed by atoms with Gasteiger partial charge in [0, 0.05) is 16.6 Å². The molecule has 2 aliphatic rings. The van der Waals surface area contributed by atoms with Crippen LogP contribution in [-0.2, 0) is 14.3 Å².